The number of rotatable bonds is 10. The van der Waals surface area contributed by atoms with Crippen LogP contribution in [0.4, 0.5) is 0 Å². The van der Waals surface area contributed by atoms with Gasteiger partial charge in [0.2, 0.25) is 5.18 Å². The molecule has 5 nitrogen and oxygen atoms in total. The van der Waals surface area contributed by atoms with Crippen LogP contribution in [0.5, 0.6) is 0 Å². The highest BCUT2D eigenvalue weighted by Crippen LogP contribution is 2.60. The Kier molecular flexibility index (Phi) is 8.83. The number of ether oxygens (including phenoxy) is 1. The molecule has 176 valence electrons. The minimum absolute atomic E-state index is 0.0517. The van der Waals surface area contributed by atoms with E-state index in [1.807, 2.05) is 26.0 Å². The highest BCUT2D eigenvalue weighted by molar-refractivity contribution is 8.06. The van der Waals surface area contributed by atoms with E-state index in [2.05, 4.69) is 69.3 Å². The third-order valence-electron chi connectivity index (χ3n) is 5.51. The number of hydrogen-bond acceptors (Lipinski definition) is 6. The lowest BCUT2D eigenvalue weighted by Crippen LogP contribution is -2.67. The standard InChI is InChI=1S/C24H35O5PSSi/c1-6-27-30(25,28-7-2)23-26-18-20(31-23)19-29-32(24(3,4)5,21-14-10-8-11-15-21)22-16-12-9-13-17-22/h8-17,20,23H,6-7,18-19H2,1-5H3. The van der Waals surface area contributed by atoms with Gasteiger partial charge in [-0.15, -0.1) is 11.8 Å². The molecule has 1 aliphatic rings. The third-order valence-corrected chi connectivity index (χ3v) is 14.6. The molecule has 0 saturated carbocycles. The van der Waals surface area contributed by atoms with Crippen molar-refractivity contribution in [3.05, 3.63) is 60.7 Å². The molecule has 1 fully saturated rings. The Morgan fingerprint density at radius 1 is 0.969 bits per heavy atom. The van der Waals surface area contributed by atoms with Crippen LogP contribution in [0.25, 0.3) is 0 Å². The van der Waals surface area contributed by atoms with E-state index in [4.69, 9.17) is 18.2 Å². The van der Waals surface area contributed by atoms with Gasteiger partial charge in [-0.05, 0) is 29.3 Å². The molecule has 1 heterocycles. The van der Waals surface area contributed by atoms with Gasteiger partial charge in [-0.25, -0.2) is 0 Å². The SMILES string of the molecule is CCOP(=O)(OCC)C1OCC(CO[Si](c2ccccc2)(c2ccccc2)C(C)(C)C)S1. The topological polar surface area (TPSA) is 54.0 Å². The Balaban J connectivity index is 1.87. The van der Waals surface area contributed by atoms with Crippen LogP contribution in [0.2, 0.25) is 5.04 Å². The molecule has 1 aliphatic heterocycles. The highest BCUT2D eigenvalue weighted by atomic mass is 32.2. The van der Waals surface area contributed by atoms with E-state index in [9.17, 15) is 4.57 Å². The lowest BCUT2D eigenvalue weighted by Gasteiger charge is -2.43. The molecule has 2 aromatic rings. The first-order chi connectivity index (χ1) is 15.3. The predicted molar refractivity (Wildman–Crippen MR) is 136 cm³/mol. The van der Waals surface area contributed by atoms with Crippen LogP contribution in [0.3, 0.4) is 0 Å². The van der Waals surface area contributed by atoms with Crippen LogP contribution >= 0.6 is 19.4 Å². The fourth-order valence-corrected chi connectivity index (χ4v) is 12.5. The van der Waals surface area contributed by atoms with Crippen molar-refractivity contribution < 1.29 is 22.8 Å². The number of hydrogen-bond donors (Lipinski definition) is 0. The molecule has 1 saturated heterocycles. The second kappa shape index (κ2) is 11.0. The fraction of sp³-hybridized carbons (Fsp3) is 0.500. The average molecular weight is 495 g/mol. The molecule has 0 aromatic heterocycles. The van der Waals surface area contributed by atoms with Crippen molar-refractivity contribution >= 4 is 38.0 Å². The van der Waals surface area contributed by atoms with Crippen molar-refractivity contribution in [3.63, 3.8) is 0 Å². The van der Waals surface area contributed by atoms with Gasteiger partial charge < -0.3 is 18.2 Å². The maximum absolute atomic E-state index is 13.1. The van der Waals surface area contributed by atoms with Gasteiger partial charge in [0.25, 0.3) is 8.32 Å². The van der Waals surface area contributed by atoms with Gasteiger partial charge in [-0.1, -0.05) is 81.4 Å². The maximum atomic E-state index is 13.1. The lowest BCUT2D eigenvalue weighted by molar-refractivity contribution is 0.123. The molecule has 0 radical (unpaired) electrons. The molecule has 0 bridgehead atoms. The summed E-state index contributed by atoms with van der Waals surface area (Å²) in [5.74, 6) is 0. The Morgan fingerprint density at radius 2 is 1.47 bits per heavy atom. The van der Waals surface area contributed by atoms with E-state index in [0.29, 0.717) is 26.4 Å². The summed E-state index contributed by atoms with van der Waals surface area (Å²) in [4.78, 5) is 0. The molecule has 0 spiro atoms. The zero-order chi connectivity index (χ0) is 23.2. The van der Waals surface area contributed by atoms with Gasteiger partial charge in [-0.3, -0.25) is 4.57 Å². The van der Waals surface area contributed by atoms with Gasteiger partial charge in [0.1, 0.15) is 0 Å². The van der Waals surface area contributed by atoms with Crippen LogP contribution in [0, 0.1) is 0 Å². The lowest BCUT2D eigenvalue weighted by atomic mass is 10.2. The second-order valence-corrected chi connectivity index (χ2v) is 16.8. The maximum Gasteiger partial charge on any atom is 0.369 e. The van der Waals surface area contributed by atoms with Crippen molar-refractivity contribution in [2.75, 3.05) is 26.4 Å². The van der Waals surface area contributed by atoms with E-state index >= 15 is 0 Å². The summed E-state index contributed by atoms with van der Waals surface area (Å²) < 4.78 is 37.0. The molecule has 8 heteroatoms. The summed E-state index contributed by atoms with van der Waals surface area (Å²) in [6.07, 6.45) is 0. The molecule has 2 atom stereocenters. The van der Waals surface area contributed by atoms with Gasteiger partial charge in [0, 0.05) is 6.61 Å². The predicted octanol–water partition coefficient (Wildman–Crippen LogP) is 5.24. The van der Waals surface area contributed by atoms with E-state index in [-0.39, 0.29) is 10.3 Å². The molecule has 2 aromatic carbocycles. The van der Waals surface area contributed by atoms with E-state index in [1.165, 1.54) is 22.1 Å². The fourth-order valence-electron chi connectivity index (χ4n) is 4.18. The smallest absolute Gasteiger partial charge is 0.369 e. The van der Waals surface area contributed by atoms with E-state index in [1.54, 1.807) is 0 Å². The monoisotopic (exact) mass is 494 g/mol. The van der Waals surface area contributed by atoms with Crippen LogP contribution in [0.15, 0.2) is 60.7 Å². The normalized spacial score (nSPS) is 19.9. The summed E-state index contributed by atoms with van der Waals surface area (Å²) in [7, 11) is -5.94. The first kappa shape index (κ1) is 25.7. The Bertz CT molecular complexity index is 841. The molecule has 2 unspecified atom stereocenters. The van der Waals surface area contributed by atoms with Gasteiger partial charge in [-0.2, -0.15) is 0 Å². The zero-order valence-corrected chi connectivity index (χ0v) is 22.4. The second-order valence-electron chi connectivity index (χ2n) is 8.75. The van der Waals surface area contributed by atoms with E-state index in [0.717, 1.165) is 0 Å². The molecular weight excluding hydrogens is 459 g/mol. The average Bonchev–Trinajstić information content (AvgIpc) is 3.25. The van der Waals surface area contributed by atoms with Crippen molar-refractivity contribution in [1.82, 2.24) is 0 Å². The minimum atomic E-state index is -3.32. The number of benzene rings is 2. The van der Waals surface area contributed by atoms with Crippen molar-refractivity contribution in [1.29, 1.82) is 0 Å². The summed E-state index contributed by atoms with van der Waals surface area (Å²) in [6, 6.07) is 21.2. The Labute approximate surface area is 197 Å². The largest absolute Gasteiger partial charge is 0.406 e. The van der Waals surface area contributed by atoms with Crippen molar-refractivity contribution in [2.24, 2.45) is 0 Å². The zero-order valence-electron chi connectivity index (χ0n) is 19.7. The van der Waals surface area contributed by atoms with Crippen molar-refractivity contribution in [3.8, 4) is 0 Å². The van der Waals surface area contributed by atoms with Crippen LogP contribution in [-0.2, 0) is 22.8 Å². The first-order valence-corrected chi connectivity index (χ1v) is 15.6. The third kappa shape index (κ3) is 5.41. The summed E-state index contributed by atoms with van der Waals surface area (Å²) in [5, 5.41) is 1.83. The minimum Gasteiger partial charge on any atom is -0.406 e. The summed E-state index contributed by atoms with van der Waals surface area (Å²) >= 11 is 1.50. The molecular formula is C24H35O5PSSi. The van der Waals surface area contributed by atoms with Gasteiger partial charge in [0.05, 0.1) is 25.1 Å². The summed E-state index contributed by atoms with van der Waals surface area (Å²) in [5.41, 5.74) is 0. The Morgan fingerprint density at radius 3 is 1.91 bits per heavy atom. The number of thioether (sulfide) groups is 1. The van der Waals surface area contributed by atoms with Crippen molar-refractivity contribution in [2.45, 2.75) is 50.1 Å². The van der Waals surface area contributed by atoms with Crippen LogP contribution < -0.4 is 10.4 Å². The van der Waals surface area contributed by atoms with Gasteiger partial charge >= 0.3 is 7.60 Å². The molecule has 0 aliphatic carbocycles. The van der Waals surface area contributed by atoms with Gasteiger partial charge in [0.15, 0.2) is 0 Å². The highest BCUT2D eigenvalue weighted by Gasteiger charge is 2.51. The first-order valence-electron chi connectivity index (χ1n) is 11.2. The van der Waals surface area contributed by atoms with Crippen LogP contribution in [0.1, 0.15) is 34.6 Å². The quantitative estimate of drug-likeness (QED) is 0.332. The summed E-state index contributed by atoms with van der Waals surface area (Å²) in [6.45, 7) is 12.0. The molecule has 3 rings (SSSR count). The molecule has 32 heavy (non-hydrogen) atoms. The van der Waals surface area contributed by atoms with E-state index < -0.39 is 21.1 Å². The molecule has 0 amide bonds. The Hall–Kier alpha value is -0.923. The van der Waals surface area contributed by atoms with Crippen LogP contribution in [-0.4, -0.2) is 45.2 Å². The molecule has 0 N–H and O–H groups in total.